The van der Waals surface area contributed by atoms with Gasteiger partial charge in [-0.1, -0.05) is 19.9 Å². The molecule has 0 rings (SSSR count). The van der Waals surface area contributed by atoms with E-state index in [2.05, 4.69) is 6.58 Å². The quantitative estimate of drug-likeness (QED) is 0.639. The highest BCUT2D eigenvalue weighted by Gasteiger charge is 2.16. The molecule has 0 aromatic carbocycles. The van der Waals surface area contributed by atoms with Crippen molar-refractivity contribution in [3.8, 4) is 0 Å². The Morgan fingerprint density at radius 3 is 2.54 bits per heavy atom. The highest BCUT2D eigenvalue weighted by molar-refractivity contribution is 8.00. The average molecular weight is 203 g/mol. The van der Waals surface area contributed by atoms with Crippen LogP contribution in [0.5, 0.6) is 0 Å². The first-order valence-corrected chi connectivity index (χ1v) is 5.77. The van der Waals surface area contributed by atoms with Gasteiger partial charge in [0, 0.05) is 18.8 Å². The van der Waals surface area contributed by atoms with E-state index in [0.717, 1.165) is 6.42 Å². The maximum Gasteiger partial charge on any atom is 0.312 e. The summed E-state index contributed by atoms with van der Waals surface area (Å²) in [5.41, 5.74) is 0. The fourth-order valence-electron chi connectivity index (χ4n) is 0.950. The zero-order chi connectivity index (χ0) is 10.3. The fraction of sp³-hybridized carbons (Fsp3) is 0.667. The zero-order valence-electron chi connectivity index (χ0n) is 8.28. The number of nitrogens with zero attached hydrogens (tertiary/aromatic N) is 1. The lowest BCUT2D eigenvalue weighted by molar-refractivity contribution is 0.227. The Morgan fingerprint density at radius 1 is 1.54 bits per heavy atom. The van der Waals surface area contributed by atoms with E-state index in [1.54, 1.807) is 17.9 Å². The van der Waals surface area contributed by atoms with Gasteiger partial charge in [-0.2, -0.15) is 0 Å². The molecule has 0 aliphatic carbocycles. The smallest absolute Gasteiger partial charge is 0.312 e. The van der Waals surface area contributed by atoms with Crippen LogP contribution in [0.4, 0.5) is 4.79 Å². The molecule has 4 heteroatoms. The highest BCUT2D eigenvalue weighted by atomic mass is 32.2. The van der Waals surface area contributed by atoms with Crippen LogP contribution in [0.15, 0.2) is 12.7 Å². The van der Waals surface area contributed by atoms with Crippen LogP contribution in [-0.2, 0) is 10.8 Å². The Kier molecular flexibility index (Phi) is 6.49. The zero-order valence-corrected chi connectivity index (χ0v) is 9.10. The molecular weight excluding hydrogens is 186 g/mol. The number of rotatable bonds is 5. The summed E-state index contributed by atoms with van der Waals surface area (Å²) in [7, 11) is -1.37. The van der Waals surface area contributed by atoms with Crippen molar-refractivity contribution in [2.75, 3.05) is 18.8 Å². The van der Waals surface area contributed by atoms with Gasteiger partial charge in [0.15, 0.2) is 0 Å². The fourth-order valence-corrected chi connectivity index (χ4v) is 1.65. The van der Waals surface area contributed by atoms with Crippen molar-refractivity contribution in [1.29, 1.82) is 0 Å². The van der Waals surface area contributed by atoms with Crippen LogP contribution in [0.1, 0.15) is 20.3 Å². The Bertz CT molecular complexity index is 204. The van der Waals surface area contributed by atoms with E-state index >= 15 is 0 Å². The highest BCUT2D eigenvalue weighted by Crippen LogP contribution is 1.99. The van der Waals surface area contributed by atoms with Gasteiger partial charge in [-0.15, -0.1) is 6.58 Å². The molecule has 0 saturated carbocycles. The van der Waals surface area contributed by atoms with Crippen molar-refractivity contribution in [3.05, 3.63) is 12.7 Å². The predicted molar refractivity (Wildman–Crippen MR) is 56.1 cm³/mol. The number of amides is 1. The van der Waals surface area contributed by atoms with Crippen molar-refractivity contribution < 1.29 is 9.00 Å². The maximum atomic E-state index is 11.4. The summed E-state index contributed by atoms with van der Waals surface area (Å²) >= 11 is 0. The second kappa shape index (κ2) is 6.83. The summed E-state index contributed by atoms with van der Waals surface area (Å²) in [4.78, 5) is 13.0. The van der Waals surface area contributed by atoms with Crippen LogP contribution in [0.25, 0.3) is 0 Å². The number of hydrogen-bond acceptors (Lipinski definition) is 2. The van der Waals surface area contributed by atoms with Gasteiger partial charge in [-0.05, 0) is 6.42 Å². The van der Waals surface area contributed by atoms with E-state index < -0.39 is 10.8 Å². The third kappa shape index (κ3) is 4.22. The third-order valence-electron chi connectivity index (χ3n) is 1.56. The van der Waals surface area contributed by atoms with Gasteiger partial charge in [0.05, 0.1) is 0 Å². The molecule has 3 nitrogen and oxygen atoms in total. The molecule has 76 valence electrons. The normalized spacial score (nSPS) is 12.2. The van der Waals surface area contributed by atoms with Crippen LogP contribution < -0.4 is 0 Å². The molecule has 1 unspecified atom stereocenters. The van der Waals surface area contributed by atoms with Crippen molar-refractivity contribution in [2.24, 2.45) is 0 Å². The van der Waals surface area contributed by atoms with Crippen molar-refractivity contribution in [1.82, 2.24) is 4.90 Å². The molecule has 0 aromatic rings. The molecule has 1 atom stereocenters. The summed E-state index contributed by atoms with van der Waals surface area (Å²) in [5, 5.41) is -0.274. The minimum Gasteiger partial charge on any atom is -0.328 e. The summed E-state index contributed by atoms with van der Waals surface area (Å²) in [6, 6.07) is 0. The molecule has 0 aliphatic rings. The first kappa shape index (κ1) is 12.4. The molecule has 0 radical (unpaired) electrons. The van der Waals surface area contributed by atoms with E-state index in [4.69, 9.17) is 0 Å². The molecule has 0 aromatic heterocycles. The van der Waals surface area contributed by atoms with Gasteiger partial charge in [0.1, 0.15) is 10.8 Å². The van der Waals surface area contributed by atoms with E-state index in [9.17, 15) is 9.00 Å². The van der Waals surface area contributed by atoms with Crippen LogP contribution >= 0.6 is 0 Å². The topological polar surface area (TPSA) is 37.4 Å². The van der Waals surface area contributed by atoms with Crippen LogP contribution in [0.2, 0.25) is 0 Å². The molecule has 0 N–H and O–H groups in total. The molecule has 0 spiro atoms. The second-order valence-corrected chi connectivity index (χ2v) is 4.25. The minimum atomic E-state index is -1.37. The molecular formula is C9H17NO2S. The summed E-state index contributed by atoms with van der Waals surface area (Å²) in [6.45, 7) is 8.42. The van der Waals surface area contributed by atoms with Crippen LogP contribution in [0, 0.1) is 0 Å². The molecule has 1 amide bonds. The molecule has 0 aliphatic heterocycles. The number of hydrogen-bond donors (Lipinski definition) is 0. The maximum absolute atomic E-state index is 11.4. The monoisotopic (exact) mass is 203 g/mol. The van der Waals surface area contributed by atoms with Crippen molar-refractivity contribution >= 4 is 16.0 Å². The standard InChI is InChI=1S/C9H17NO2S/c1-4-7-10(8-5-2)9(11)13(12)6-3/h4H,1,5-8H2,2-3H3. The first-order valence-electron chi connectivity index (χ1n) is 4.45. The Balaban J connectivity index is 4.26. The van der Waals surface area contributed by atoms with E-state index in [1.807, 2.05) is 6.92 Å². The SMILES string of the molecule is C=CCN(CCC)C(=O)S(=O)CC. The van der Waals surface area contributed by atoms with Crippen molar-refractivity contribution in [2.45, 2.75) is 20.3 Å². The van der Waals surface area contributed by atoms with E-state index in [1.165, 1.54) is 0 Å². The first-order chi connectivity index (χ1) is 6.17. The second-order valence-electron chi connectivity index (χ2n) is 2.63. The van der Waals surface area contributed by atoms with E-state index in [-0.39, 0.29) is 5.24 Å². The lowest BCUT2D eigenvalue weighted by atomic mass is 10.4. The van der Waals surface area contributed by atoms with Crippen LogP contribution in [-0.4, -0.2) is 33.2 Å². The number of carbonyl (C=O) groups is 1. The lowest BCUT2D eigenvalue weighted by Crippen LogP contribution is -2.33. The van der Waals surface area contributed by atoms with Crippen molar-refractivity contribution in [3.63, 3.8) is 0 Å². The van der Waals surface area contributed by atoms with Gasteiger partial charge in [-0.3, -0.25) is 4.79 Å². The van der Waals surface area contributed by atoms with Gasteiger partial charge in [0.2, 0.25) is 0 Å². The Morgan fingerprint density at radius 2 is 2.15 bits per heavy atom. The van der Waals surface area contributed by atoms with Crippen LogP contribution in [0.3, 0.4) is 0 Å². The van der Waals surface area contributed by atoms with Gasteiger partial charge in [0.25, 0.3) is 0 Å². The molecule has 0 bridgehead atoms. The molecule has 0 heterocycles. The Labute approximate surface area is 82.3 Å². The molecule has 13 heavy (non-hydrogen) atoms. The van der Waals surface area contributed by atoms with Gasteiger partial charge >= 0.3 is 5.24 Å². The molecule has 0 saturated heterocycles. The third-order valence-corrected chi connectivity index (χ3v) is 2.73. The predicted octanol–water partition coefficient (Wildman–Crippen LogP) is 1.77. The summed E-state index contributed by atoms with van der Waals surface area (Å²) in [6.07, 6.45) is 2.53. The average Bonchev–Trinajstić information content (AvgIpc) is 2.15. The number of carbonyl (C=O) groups excluding carboxylic acids is 1. The van der Waals surface area contributed by atoms with Gasteiger partial charge in [-0.25, -0.2) is 4.21 Å². The molecule has 0 fully saturated rings. The minimum absolute atomic E-state index is 0.274. The summed E-state index contributed by atoms with van der Waals surface area (Å²) in [5.74, 6) is 0.385. The summed E-state index contributed by atoms with van der Waals surface area (Å²) < 4.78 is 11.2. The van der Waals surface area contributed by atoms with E-state index in [0.29, 0.717) is 18.8 Å². The van der Waals surface area contributed by atoms with Gasteiger partial charge < -0.3 is 4.90 Å². The largest absolute Gasteiger partial charge is 0.328 e. The Hall–Kier alpha value is -0.640. The lowest BCUT2D eigenvalue weighted by Gasteiger charge is -2.18.